The van der Waals surface area contributed by atoms with E-state index in [2.05, 4.69) is 26.3 Å². The van der Waals surface area contributed by atoms with E-state index in [1.807, 2.05) is 31.2 Å². The number of ether oxygens (including phenoxy) is 1. The molecule has 1 aromatic heterocycles. The van der Waals surface area contributed by atoms with Crippen molar-refractivity contribution < 1.29 is 27.9 Å². The van der Waals surface area contributed by atoms with Gasteiger partial charge in [-0.05, 0) is 126 Å². The maximum Gasteiger partial charge on any atom is 0.264 e. The Kier molecular flexibility index (Phi) is 8.42. The molecule has 4 fully saturated rings. The minimum absolute atomic E-state index is 0.0576. The van der Waals surface area contributed by atoms with Gasteiger partial charge in [-0.25, -0.2) is 13.1 Å². The lowest BCUT2D eigenvalue weighted by atomic mass is 9.81. The van der Waals surface area contributed by atoms with Crippen LogP contribution in [0.4, 0.5) is 0 Å². The summed E-state index contributed by atoms with van der Waals surface area (Å²) in [6.07, 6.45) is 10.3. The Morgan fingerprint density at radius 1 is 0.979 bits per heavy atom. The van der Waals surface area contributed by atoms with Crippen LogP contribution in [0.5, 0.6) is 5.75 Å². The number of rotatable bonds is 9. The predicted octanol–water partition coefficient (Wildman–Crippen LogP) is 6.52. The van der Waals surface area contributed by atoms with Crippen LogP contribution in [0, 0.1) is 5.41 Å². The van der Waals surface area contributed by atoms with Crippen LogP contribution in [0.1, 0.15) is 113 Å². The number of aliphatic hydroxyl groups is 1. The first-order valence-corrected chi connectivity index (χ1v) is 19.3. The molecule has 9 nitrogen and oxygen atoms in total. The SMILES string of the molecule is COc1ccc(-c2c(C3CCCCC3)c3ccc(C(=O)NS(=O)(=O)C(C)C)cc3n2CC2(C(=O)N3C4CCC3CC(C)(O)C4)CC2)cc1. The Hall–Kier alpha value is -3.37. The number of amides is 2. The average molecular weight is 676 g/mol. The van der Waals surface area contributed by atoms with Gasteiger partial charge in [-0.3, -0.25) is 9.59 Å². The molecule has 2 amide bonds. The van der Waals surface area contributed by atoms with Crippen molar-refractivity contribution in [1.82, 2.24) is 14.2 Å². The van der Waals surface area contributed by atoms with Gasteiger partial charge in [0.05, 0.1) is 29.1 Å². The van der Waals surface area contributed by atoms with Crippen molar-refractivity contribution in [1.29, 1.82) is 0 Å². The van der Waals surface area contributed by atoms with Gasteiger partial charge in [-0.1, -0.05) is 25.3 Å². The first-order chi connectivity index (χ1) is 22.8. The summed E-state index contributed by atoms with van der Waals surface area (Å²) in [6.45, 7) is 5.46. The molecule has 48 heavy (non-hydrogen) atoms. The van der Waals surface area contributed by atoms with Gasteiger partial charge in [0.15, 0.2) is 0 Å². The van der Waals surface area contributed by atoms with Gasteiger partial charge in [0.25, 0.3) is 5.91 Å². The summed E-state index contributed by atoms with van der Waals surface area (Å²) >= 11 is 0. The van der Waals surface area contributed by atoms with E-state index in [1.165, 1.54) is 12.0 Å². The maximum absolute atomic E-state index is 14.6. The minimum atomic E-state index is -3.82. The number of aromatic nitrogens is 1. The third kappa shape index (κ3) is 5.93. The van der Waals surface area contributed by atoms with Crippen LogP contribution in [-0.4, -0.2) is 64.9 Å². The molecule has 2 bridgehead atoms. The Bertz CT molecular complexity index is 1820. The van der Waals surface area contributed by atoms with Crippen LogP contribution in [0.2, 0.25) is 0 Å². The smallest absolute Gasteiger partial charge is 0.264 e. The molecular formula is C38H49N3O6S. The normalized spacial score (nSPS) is 25.4. The number of carbonyl (C=O) groups excluding carboxylic acids is 2. The van der Waals surface area contributed by atoms with Crippen LogP contribution in [-0.2, 0) is 21.4 Å². The summed E-state index contributed by atoms with van der Waals surface area (Å²) in [5.74, 6) is 0.616. The number of nitrogens with zero attached hydrogens (tertiary/aromatic N) is 2. The largest absolute Gasteiger partial charge is 0.497 e. The molecule has 2 atom stereocenters. The molecule has 4 aliphatic rings. The van der Waals surface area contributed by atoms with Crippen LogP contribution in [0.25, 0.3) is 22.2 Å². The van der Waals surface area contributed by atoms with Crippen molar-refractivity contribution in [3.8, 4) is 17.0 Å². The summed E-state index contributed by atoms with van der Waals surface area (Å²) < 4.78 is 35.3. The molecule has 3 aromatic rings. The van der Waals surface area contributed by atoms with E-state index in [0.29, 0.717) is 25.3 Å². The number of hydrogen-bond donors (Lipinski definition) is 2. The highest BCUT2D eigenvalue weighted by Gasteiger charge is 2.57. The van der Waals surface area contributed by atoms with E-state index in [4.69, 9.17) is 4.74 Å². The lowest BCUT2D eigenvalue weighted by molar-refractivity contribution is -0.147. The van der Waals surface area contributed by atoms with Crippen LogP contribution in [0.15, 0.2) is 42.5 Å². The molecule has 2 aliphatic heterocycles. The van der Waals surface area contributed by atoms with Crippen molar-refractivity contribution >= 4 is 32.7 Å². The molecule has 2 N–H and O–H groups in total. The van der Waals surface area contributed by atoms with E-state index in [1.54, 1.807) is 27.0 Å². The summed E-state index contributed by atoms with van der Waals surface area (Å²) in [4.78, 5) is 30.1. The van der Waals surface area contributed by atoms with Gasteiger partial charge in [0.2, 0.25) is 15.9 Å². The molecule has 3 heterocycles. The number of carbonyl (C=O) groups is 2. The molecule has 0 spiro atoms. The molecule has 2 saturated heterocycles. The number of sulfonamides is 1. The van der Waals surface area contributed by atoms with Crippen LogP contribution in [0.3, 0.4) is 0 Å². The summed E-state index contributed by atoms with van der Waals surface area (Å²) in [6, 6.07) is 13.7. The fourth-order valence-corrected chi connectivity index (χ4v) is 9.42. The molecule has 2 aliphatic carbocycles. The molecule has 2 unspecified atom stereocenters. The fraction of sp³-hybridized carbons (Fsp3) is 0.579. The van der Waals surface area contributed by atoms with E-state index >= 15 is 0 Å². The summed E-state index contributed by atoms with van der Waals surface area (Å²) in [5.41, 5.74) is 3.14. The number of methoxy groups -OCH3 is 1. The van der Waals surface area contributed by atoms with Crippen LogP contribution < -0.4 is 9.46 Å². The molecular weight excluding hydrogens is 626 g/mol. The average Bonchev–Trinajstić information content (AvgIpc) is 3.70. The highest BCUT2D eigenvalue weighted by atomic mass is 32.2. The zero-order valence-electron chi connectivity index (χ0n) is 28.6. The predicted molar refractivity (Wildman–Crippen MR) is 186 cm³/mol. The number of hydrogen-bond acceptors (Lipinski definition) is 6. The number of nitrogens with one attached hydrogen (secondary N) is 1. The zero-order chi connectivity index (χ0) is 34.0. The first-order valence-electron chi connectivity index (χ1n) is 17.7. The fourth-order valence-electron chi connectivity index (χ4n) is 8.81. The second-order valence-electron chi connectivity index (χ2n) is 15.5. The number of fused-ring (bicyclic) bond motifs is 3. The van der Waals surface area contributed by atoms with E-state index < -0.39 is 32.2 Å². The lowest BCUT2D eigenvalue weighted by Gasteiger charge is -2.43. The Morgan fingerprint density at radius 3 is 2.21 bits per heavy atom. The van der Waals surface area contributed by atoms with Crippen molar-refractivity contribution in [2.24, 2.45) is 5.41 Å². The Morgan fingerprint density at radius 2 is 1.62 bits per heavy atom. The van der Waals surface area contributed by atoms with Crippen molar-refractivity contribution in [2.45, 2.75) is 127 Å². The third-order valence-electron chi connectivity index (χ3n) is 11.6. The Balaban J connectivity index is 1.37. The van der Waals surface area contributed by atoms with Gasteiger partial charge in [-0.2, -0.15) is 0 Å². The van der Waals surface area contributed by atoms with E-state index in [0.717, 1.165) is 79.3 Å². The van der Waals surface area contributed by atoms with Gasteiger partial charge in [0, 0.05) is 35.1 Å². The quantitative estimate of drug-likeness (QED) is 0.267. The molecule has 10 heteroatoms. The molecule has 7 rings (SSSR count). The van der Waals surface area contributed by atoms with Gasteiger partial charge in [0.1, 0.15) is 5.75 Å². The van der Waals surface area contributed by atoms with Gasteiger partial charge >= 0.3 is 0 Å². The lowest BCUT2D eigenvalue weighted by Crippen LogP contribution is -2.54. The van der Waals surface area contributed by atoms with Crippen molar-refractivity contribution in [3.05, 3.63) is 53.6 Å². The topological polar surface area (TPSA) is 118 Å². The number of benzene rings is 2. The van der Waals surface area contributed by atoms with E-state index in [9.17, 15) is 23.1 Å². The highest BCUT2D eigenvalue weighted by Crippen LogP contribution is 2.54. The summed E-state index contributed by atoms with van der Waals surface area (Å²) in [5, 5.41) is 11.2. The summed E-state index contributed by atoms with van der Waals surface area (Å²) in [7, 11) is -2.17. The van der Waals surface area contributed by atoms with E-state index in [-0.39, 0.29) is 23.6 Å². The van der Waals surface area contributed by atoms with Gasteiger partial charge in [-0.15, -0.1) is 0 Å². The first kappa shape index (κ1) is 33.1. The maximum atomic E-state index is 14.6. The zero-order valence-corrected chi connectivity index (χ0v) is 29.4. The minimum Gasteiger partial charge on any atom is -0.497 e. The molecule has 0 radical (unpaired) electrons. The van der Waals surface area contributed by atoms with Crippen molar-refractivity contribution in [2.75, 3.05) is 7.11 Å². The van der Waals surface area contributed by atoms with Gasteiger partial charge < -0.3 is 19.3 Å². The standard InChI is InChI=1S/C38H49N3O6S/c1-24(2)48(45,46)39-35(42)27-12-17-31-32(20-27)40(23-38(18-19-38)36(43)41-28-13-14-29(41)22-37(3,44)21-28)34(26-10-15-30(47-4)16-11-26)33(31)25-8-6-5-7-9-25/h10-12,15-17,20,24-25,28-29,44H,5-9,13-14,18-19,21-23H2,1-4H3,(H,39,42). The third-order valence-corrected chi connectivity index (χ3v) is 13.3. The molecule has 258 valence electrons. The number of piperidine rings is 1. The van der Waals surface area contributed by atoms with Crippen molar-refractivity contribution in [3.63, 3.8) is 0 Å². The monoisotopic (exact) mass is 675 g/mol. The molecule has 2 aromatic carbocycles. The van der Waals surface area contributed by atoms with Crippen LogP contribution >= 0.6 is 0 Å². The molecule has 2 saturated carbocycles. The second-order valence-corrected chi connectivity index (χ2v) is 17.7. The Labute approximate surface area is 284 Å². The second kappa shape index (κ2) is 12.2. The highest BCUT2D eigenvalue weighted by molar-refractivity contribution is 7.90.